The summed E-state index contributed by atoms with van der Waals surface area (Å²) in [6, 6.07) is 9.35. The van der Waals surface area contributed by atoms with E-state index >= 15 is 0 Å². The Morgan fingerprint density at radius 2 is 1.50 bits per heavy atom. The molecule has 0 unspecified atom stereocenters. The maximum absolute atomic E-state index is 12.8. The van der Waals surface area contributed by atoms with E-state index in [2.05, 4.69) is 41.5 Å². The third kappa shape index (κ3) is 5.83. The fraction of sp³-hybridized carbons (Fsp3) is 0.692. The minimum absolute atomic E-state index is 0.00898. The molecule has 3 fully saturated rings. The normalized spacial score (nSPS) is 20.7. The topological polar surface area (TPSA) is 55.9 Å². The lowest BCUT2D eigenvalue weighted by Crippen LogP contribution is -2.47. The monoisotopic (exact) mass is 440 g/mol. The highest BCUT2D eigenvalue weighted by atomic mass is 16.2. The van der Waals surface area contributed by atoms with Crippen LogP contribution in [0.15, 0.2) is 24.3 Å². The highest BCUT2D eigenvalue weighted by Gasteiger charge is 2.30. The molecule has 3 aliphatic rings. The molecule has 0 atom stereocenters. The van der Waals surface area contributed by atoms with Crippen LogP contribution < -0.4 is 5.32 Å². The maximum Gasteiger partial charge on any atom is 0.319 e. The van der Waals surface area contributed by atoms with Crippen LogP contribution in [-0.2, 0) is 17.9 Å². The lowest BCUT2D eigenvalue weighted by atomic mass is 9.94. The zero-order valence-corrected chi connectivity index (χ0v) is 19.7. The number of carbonyl (C=O) groups is 2. The fourth-order valence-electron chi connectivity index (χ4n) is 5.57. The van der Waals surface area contributed by atoms with Gasteiger partial charge >= 0.3 is 6.03 Å². The van der Waals surface area contributed by atoms with Crippen molar-refractivity contribution in [2.75, 3.05) is 33.2 Å². The Balaban J connectivity index is 1.25. The Kier molecular flexibility index (Phi) is 8.06. The Labute approximate surface area is 193 Å². The minimum Gasteiger partial charge on any atom is -0.352 e. The van der Waals surface area contributed by atoms with E-state index < -0.39 is 0 Å². The van der Waals surface area contributed by atoms with Crippen molar-refractivity contribution in [3.05, 3.63) is 35.4 Å². The van der Waals surface area contributed by atoms with E-state index in [9.17, 15) is 9.59 Å². The van der Waals surface area contributed by atoms with E-state index in [0.717, 1.165) is 45.3 Å². The first kappa shape index (κ1) is 23.1. The molecule has 0 spiro atoms. The Bertz CT molecular complexity index is 763. The number of benzene rings is 1. The lowest BCUT2D eigenvalue weighted by molar-refractivity contribution is -0.126. The SMILES string of the molecule is CN(Cc1ccccc1CNC(=O)C1CCN(C(=O)N2CCCC2)CC1)C1CCCCC1. The molecule has 2 saturated heterocycles. The van der Waals surface area contributed by atoms with E-state index in [1.807, 2.05) is 9.80 Å². The summed E-state index contributed by atoms with van der Waals surface area (Å²) in [5.41, 5.74) is 2.53. The zero-order chi connectivity index (χ0) is 22.3. The molecule has 4 rings (SSSR count). The molecule has 6 heteroatoms. The number of likely N-dealkylation sites (tertiary alicyclic amines) is 2. The fourth-order valence-corrected chi connectivity index (χ4v) is 5.57. The summed E-state index contributed by atoms with van der Waals surface area (Å²) in [5.74, 6) is 0.142. The maximum atomic E-state index is 12.8. The van der Waals surface area contributed by atoms with E-state index in [1.165, 1.54) is 43.2 Å². The van der Waals surface area contributed by atoms with Crippen molar-refractivity contribution >= 4 is 11.9 Å². The predicted molar refractivity (Wildman–Crippen MR) is 127 cm³/mol. The first-order valence-electron chi connectivity index (χ1n) is 12.7. The molecule has 1 aromatic rings. The number of nitrogens with zero attached hydrogens (tertiary/aromatic N) is 3. The molecule has 2 aliphatic heterocycles. The second-order valence-corrected chi connectivity index (χ2v) is 9.93. The number of urea groups is 1. The number of rotatable bonds is 6. The van der Waals surface area contributed by atoms with Gasteiger partial charge in [-0.3, -0.25) is 9.69 Å². The second kappa shape index (κ2) is 11.2. The number of hydrogen-bond donors (Lipinski definition) is 1. The molecule has 2 heterocycles. The molecule has 0 bridgehead atoms. The van der Waals surface area contributed by atoms with Crippen molar-refractivity contribution < 1.29 is 9.59 Å². The van der Waals surface area contributed by atoms with Crippen LogP contribution in [0, 0.1) is 5.92 Å². The van der Waals surface area contributed by atoms with Crippen molar-refractivity contribution in [3.63, 3.8) is 0 Å². The molecule has 1 N–H and O–H groups in total. The number of piperidine rings is 1. The van der Waals surface area contributed by atoms with Gasteiger partial charge in [0.25, 0.3) is 0 Å². The van der Waals surface area contributed by atoms with Crippen LogP contribution >= 0.6 is 0 Å². The molecule has 32 heavy (non-hydrogen) atoms. The van der Waals surface area contributed by atoms with Crippen molar-refractivity contribution in [2.24, 2.45) is 5.92 Å². The summed E-state index contributed by atoms with van der Waals surface area (Å²) in [7, 11) is 2.24. The van der Waals surface area contributed by atoms with Gasteiger partial charge in [-0.25, -0.2) is 4.79 Å². The van der Waals surface area contributed by atoms with E-state index in [4.69, 9.17) is 0 Å². The number of carbonyl (C=O) groups excluding carboxylic acids is 2. The van der Waals surface area contributed by atoms with Crippen LogP contribution in [0.25, 0.3) is 0 Å². The van der Waals surface area contributed by atoms with Gasteiger partial charge in [-0.1, -0.05) is 43.5 Å². The van der Waals surface area contributed by atoms with E-state index in [-0.39, 0.29) is 17.9 Å². The molecule has 0 radical (unpaired) electrons. The van der Waals surface area contributed by atoms with Gasteiger partial charge in [-0.15, -0.1) is 0 Å². The Hall–Kier alpha value is -2.08. The Morgan fingerprint density at radius 1 is 0.875 bits per heavy atom. The molecule has 3 amide bonds. The van der Waals surface area contributed by atoms with Crippen LogP contribution in [0.2, 0.25) is 0 Å². The summed E-state index contributed by atoms with van der Waals surface area (Å²) in [4.78, 5) is 31.8. The van der Waals surface area contributed by atoms with Crippen molar-refractivity contribution in [2.45, 2.75) is 76.9 Å². The van der Waals surface area contributed by atoms with Gasteiger partial charge in [-0.2, -0.15) is 0 Å². The standard InChI is InChI=1S/C26H40N4O2/c1-28(24-11-3-2-4-12-24)20-23-10-6-5-9-22(23)19-27-25(31)21-13-17-30(18-14-21)26(32)29-15-7-8-16-29/h5-6,9-10,21,24H,2-4,7-8,11-20H2,1H3,(H,27,31). The molecule has 6 nitrogen and oxygen atoms in total. The quantitative estimate of drug-likeness (QED) is 0.728. The largest absolute Gasteiger partial charge is 0.352 e. The third-order valence-corrected chi connectivity index (χ3v) is 7.70. The van der Waals surface area contributed by atoms with Gasteiger partial charge < -0.3 is 15.1 Å². The second-order valence-electron chi connectivity index (χ2n) is 9.93. The van der Waals surface area contributed by atoms with Gasteiger partial charge in [0.2, 0.25) is 5.91 Å². The van der Waals surface area contributed by atoms with Gasteiger partial charge in [0.05, 0.1) is 0 Å². The van der Waals surface area contributed by atoms with Crippen LogP contribution in [0.5, 0.6) is 0 Å². The molecule has 1 aliphatic carbocycles. The van der Waals surface area contributed by atoms with Crippen LogP contribution in [0.3, 0.4) is 0 Å². The number of hydrogen-bond acceptors (Lipinski definition) is 3. The molecule has 0 aromatic heterocycles. The van der Waals surface area contributed by atoms with Gasteiger partial charge in [-0.05, 0) is 56.7 Å². The lowest BCUT2D eigenvalue weighted by Gasteiger charge is -2.34. The highest BCUT2D eigenvalue weighted by molar-refractivity contribution is 5.79. The summed E-state index contributed by atoms with van der Waals surface area (Å²) < 4.78 is 0. The van der Waals surface area contributed by atoms with Gasteiger partial charge in [0.1, 0.15) is 0 Å². The summed E-state index contributed by atoms with van der Waals surface area (Å²) in [6.45, 7) is 4.67. The Morgan fingerprint density at radius 3 is 2.19 bits per heavy atom. The molecule has 1 aromatic carbocycles. The average Bonchev–Trinajstić information content (AvgIpc) is 3.38. The van der Waals surface area contributed by atoms with Crippen molar-refractivity contribution in [1.82, 2.24) is 20.0 Å². The molecule has 1 saturated carbocycles. The smallest absolute Gasteiger partial charge is 0.319 e. The van der Waals surface area contributed by atoms with Crippen LogP contribution in [-0.4, -0.2) is 65.9 Å². The summed E-state index contributed by atoms with van der Waals surface area (Å²) in [6.07, 6.45) is 10.4. The van der Waals surface area contributed by atoms with Crippen molar-refractivity contribution in [1.29, 1.82) is 0 Å². The van der Waals surface area contributed by atoms with E-state index in [0.29, 0.717) is 25.7 Å². The zero-order valence-electron chi connectivity index (χ0n) is 19.7. The molecule has 176 valence electrons. The summed E-state index contributed by atoms with van der Waals surface area (Å²) >= 11 is 0. The van der Waals surface area contributed by atoms with Crippen LogP contribution in [0.4, 0.5) is 4.79 Å². The number of amides is 3. The van der Waals surface area contributed by atoms with Gasteiger partial charge in [0, 0.05) is 51.2 Å². The van der Waals surface area contributed by atoms with Crippen LogP contribution in [0.1, 0.15) is 68.9 Å². The highest BCUT2D eigenvalue weighted by Crippen LogP contribution is 2.24. The molecular weight excluding hydrogens is 400 g/mol. The first-order chi connectivity index (χ1) is 15.6. The van der Waals surface area contributed by atoms with Gasteiger partial charge in [0.15, 0.2) is 0 Å². The number of nitrogens with one attached hydrogen (secondary N) is 1. The average molecular weight is 441 g/mol. The molecular formula is C26H40N4O2. The first-order valence-corrected chi connectivity index (χ1v) is 12.7. The minimum atomic E-state index is 0.00898. The third-order valence-electron chi connectivity index (χ3n) is 7.70. The van der Waals surface area contributed by atoms with E-state index in [1.54, 1.807) is 0 Å². The van der Waals surface area contributed by atoms with Crippen molar-refractivity contribution in [3.8, 4) is 0 Å². The predicted octanol–water partition coefficient (Wildman–Crippen LogP) is 4.00. The summed E-state index contributed by atoms with van der Waals surface area (Å²) in [5, 5.41) is 3.19.